The van der Waals surface area contributed by atoms with Crippen molar-refractivity contribution >= 4 is 43.9 Å². The molecule has 2 amide bonds. The maximum absolute atomic E-state index is 12.9. The summed E-state index contributed by atoms with van der Waals surface area (Å²) in [7, 11) is -1.60. The van der Waals surface area contributed by atoms with E-state index < -0.39 is 15.9 Å². The molecular formula is C22H24N4O5S2. The summed E-state index contributed by atoms with van der Waals surface area (Å²) in [5.74, 6) is -0.560. The summed E-state index contributed by atoms with van der Waals surface area (Å²) in [6.07, 6.45) is 1.41. The Kier molecular flexibility index (Phi) is 6.66. The second-order valence-corrected chi connectivity index (χ2v) is 10.7. The Morgan fingerprint density at radius 2 is 1.70 bits per heavy atom. The van der Waals surface area contributed by atoms with E-state index in [1.165, 1.54) is 22.7 Å². The largest absolute Gasteiger partial charge is 0.459 e. The predicted molar refractivity (Wildman–Crippen MR) is 126 cm³/mol. The van der Waals surface area contributed by atoms with Crippen LogP contribution in [0.1, 0.15) is 25.8 Å². The van der Waals surface area contributed by atoms with Gasteiger partial charge in [-0.2, -0.15) is 4.31 Å². The number of anilines is 2. The molecule has 174 valence electrons. The number of piperazine rings is 1. The van der Waals surface area contributed by atoms with Crippen LogP contribution in [0.3, 0.4) is 0 Å². The van der Waals surface area contributed by atoms with E-state index in [2.05, 4.69) is 15.5 Å². The lowest BCUT2D eigenvalue weighted by Crippen LogP contribution is -2.46. The highest BCUT2D eigenvalue weighted by atomic mass is 32.2. The van der Waals surface area contributed by atoms with Crippen LogP contribution in [0, 0.1) is 6.92 Å². The smallest absolute Gasteiger partial charge is 0.291 e. The number of likely N-dealkylation sites (N-methyl/N-ethyl adjacent to an activating group) is 1. The first-order valence-electron chi connectivity index (χ1n) is 10.3. The van der Waals surface area contributed by atoms with E-state index in [0.29, 0.717) is 47.3 Å². The van der Waals surface area contributed by atoms with Gasteiger partial charge in [-0.25, -0.2) is 8.42 Å². The molecule has 3 heterocycles. The Bertz CT molecular complexity index is 1240. The van der Waals surface area contributed by atoms with Crippen LogP contribution in [-0.4, -0.2) is 62.7 Å². The van der Waals surface area contributed by atoms with Crippen LogP contribution in [0.5, 0.6) is 0 Å². The lowest BCUT2D eigenvalue weighted by Gasteiger charge is -2.31. The first-order chi connectivity index (χ1) is 15.7. The molecule has 3 aromatic rings. The first-order valence-corrected chi connectivity index (χ1v) is 12.5. The maximum Gasteiger partial charge on any atom is 0.291 e. The number of hydrogen-bond acceptors (Lipinski definition) is 7. The number of aryl methyl sites for hydroxylation is 1. The molecule has 1 aromatic carbocycles. The van der Waals surface area contributed by atoms with Gasteiger partial charge < -0.3 is 20.0 Å². The fourth-order valence-corrected chi connectivity index (χ4v) is 5.81. The van der Waals surface area contributed by atoms with Crippen molar-refractivity contribution in [1.29, 1.82) is 0 Å². The van der Waals surface area contributed by atoms with Gasteiger partial charge in [-0.05, 0) is 62.0 Å². The number of amides is 2. The van der Waals surface area contributed by atoms with Crippen molar-refractivity contribution in [3.8, 4) is 0 Å². The summed E-state index contributed by atoms with van der Waals surface area (Å²) >= 11 is 1.15. The molecule has 2 N–H and O–H groups in total. The molecule has 2 aromatic heterocycles. The minimum atomic E-state index is -3.57. The van der Waals surface area contributed by atoms with Crippen molar-refractivity contribution in [3.63, 3.8) is 0 Å². The predicted octanol–water partition coefficient (Wildman–Crippen LogP) is 3.09. The Hall–Kier alpha value is -2.99. The highest BCUT2D eigenvalue weighted by Gasteiger charge is 2.27. The van der Waals surface area contributed by atoms with E-state index >= 15 is 0 Å². The number of nitrogens with zero attached hydrogens (tertiary/aromatic N) is 2. The lowest BCUT2D eigenvalue weighted by molar-refractivity contribution is 0.0995. The summed E-state index contributed by atoms with van der Waals surface area (Å²) in [5, 5.41) is 6.02. The number of hydrogen-bond donors (Lipinski definition) is 2. The van der Waals surface area contributed by atoms with E-state index in [4.69, 9.17) is 4.42 Å². The minimum absolute atomic E-state index is 0.179. The molecule has 0 radical (unpaired) electrons. The van der Waals surface area contributed by atoms with E-state index in [1.807, 2.05) is 7.05 Å². The van der Waals surface area contributed by atoms with Crippen molar-refractivity contribution in [2.45, 2.75) is 11.8 Å². The van der Waals surface area contributed by atoms with Gasteiger partial charge in [0.25, 0.3) is 11.8 Å². The molecule has 0 spiro atoms. The summed E-state index contributed by atoms with van der Waals surface area (Å²) in [4.78, 5) is 27.6. The molecule has 9 nitrogen and oxygen atoms in total. The van der Waals surface area contributed by atoms with Crippen molar-refractivity contribution in [2.24, 2.45) is 0 Å². The molecule has 0 unspecified atom stereocenters. The lowest BCUT2D eigenvalue weighted by atomic mass is 10.2. The number of benzene rings is 1. The Morgan fingerprint density at radius 3 is 2.33 bits per heavy atom. The van der Waals surface area contributed by atoms with Crippen LogP contribution in [0.4, 0.5) is 10.7 Å². The SMILES string of the molecule is Cc1cc(NC(=O)c2ccco2)sc1C(=O)Nc1ccc(S(=O)(=O)N2CCN(C)CC2)cc1. The van der Waals surface area contributed by atoms with Crippen LogP contribution >= 0.6 is 11.3 Å². The van der Waals surface area contributed by atoms with Gasteiger partial charge in [0.2, 0.25) is 10.0 Å². The Balaban J connectivity index is 1.42. The third kappa shape index (κ3) is 5.17. The van der Waals surface area contributed by atoms with Gasteiger partial charge in [-0.1, -0.05) is 0 Å². The summed E-state index contributed by atoms with van der Waals surface area (Å²) < 4.78 is 32.3. The second kappa shape index (κ2) is 9.48. The Morgan fingerprint density at radius 1 is 1.00 bits per heavy atom. The van der Waals surface area contributed by atoms with Crippen molar-refractivity contribution in [1.82, 2.24) is 9.21 Å². The van der Waals surface area contributed by atoms with Crippen LogP contribution in [0.25, 0.3) is 0 Å². The summed E-state index contributed by atoms with van der Waals surface area (Å²) in [6.45, 7) is 4.07. The molecule has 33 heavy (non-hydrogen) atoms. The highest BCUT2D eigenvalue weighted by Crippen LogP contribution is 2.28. The van der Waals surface area contributed by atoms with E-state index in [0.717, 1.165) is 11.3 Å². The number of carbonyl (C=O) groups excluding carboxylic acids is 2. The van der Waals surface area contributed by atoms with Crippen LogP contribution in [0.15, 0.2) is 58.0 Å². The fraction of sp³-hybridized carbons (Fsp3) is 0.273. The average molecular weight is 489 g/mol. The van der Waals surface area contributed by atoms with Crippen LogP contribution < -0.4 is 10.6 Å². The van der Waals surface area contributed by atoms with Crippen molar-refractivity contribution in [3.05, 3.63) is 64.9 Å². The molecule has 0 bridgehead atoms. The number of thiophene rings is 1. The average Bonchev–Trinajstić information content (AvgIpc) is 3.44. The molecule has 0 atom stereocenters. The van der Waals surface area contributed by atoms with E-state index in [-0.39, 0.29) is 16.6 Å². The molecule has 4 rings (SSSR count). The topological polar surface area (TPSA) is 112 Å². The molecule has 11 heteroatoms. The normalized spacial score (nSPS) is 15.3. The summed E-state index contributed by atoms with van der Waals surface area (Å²) in [5.41, 5.74) is 1.19. The number of furan rings is 1. The van der Waals surface area contributed by atoms with E-state index in [1.54, 1.807) is 37.3 Å². The number of rotatable bonds is 6. The molecular weight excluding hydrogens is 464 g/mol. The third-order valence-corrected chi connectivity index (χ3v) is 8.38. The number of carbonyl (C=O) groups is 2. The zero-order chi connectivity index (χ0) is 23.6. The molecule has 1 saturated heterocycles. The quantitative estimate of drug-likeness (QED) is 0.552. The zero-order valence-electron chi connectivity index (χ0n) is 18.2. The van der Waals surface area contributed by atoms with Gasteiger partial charge in [-0.15, -0.1) is 11.3 Å². The Labute approximate surface area is 196 Å². The fourth-order valence-electron chi connectivity index (χ4n) is 3.43. The molecule has 1 aliphatic heterocycles. The number of sulfonamides is 1. The molecule has 0 aliphatic carbocycles. The number of nitrogens with one attached hydrogen (secondary N) is 2. The van der Waals surface area contributed by atoms with Crippen molar-refractivity contribution in [2.75, 3.05) is 43.9 Å². The van der Waals surface area contributed by atoms with Gasteiger partial charge in [0.15, 0.2) is 5.76 Å². The second-order valence-electron chi connectivity index (χ2n) is 7.74. The van der Waals surface area contributed by atoms with Crippen LogP contribution in [0.2, 0.25) is 0 Å². The third-order valence-electron chi connectivity index (χ3n) is 5.32. The van der Waals surface area contributed by atoms with Crippen LogP contribution in [-0.2, 0) is 10.0 Å². The first kappa shape index (κ1) is 23.2. The minimum Gasteiger partial charge on any atom is -0.459 e. The van der Waals surface area contributed by atoms with Gasteiger partial charge >= 0.3 is 0 Å². The van der Waals surface area contributed by atoms with Gasteiger partial charge in [0, 0.05) is 31.9 Å². The van der Waals surface area contributed by atoms with Crippen molar-refractivity contribution < 1.29 is 22.4 Å². The zero-order valence-corrected chi connectivity index (χ0v) is 19.8. The monoisotopic (exact) mass is 488 g/mol. The van der Waals surface area contributed by atoms with Gasteiger partial charge in [0.05, 0.1) is 21.0 Å². The van der Waals surface area contributed by atoms with E-state index in [9.17, 15) is 18.0 Å². The van der Waals surface area contributed by atoms with Gasteiger partial charge in [0.1, 0.15) is 0 Å². The molecule has 1 fully saturated rings. The van der Waals surface area contributed by atoms with Gasteiger partial charge in [-0.3, -0.25) is 9.59 Å². The molecule has 1 aliphatic rings. The summed E-state index contributed by atoms with van der Waals surface area (Å²) in [6, 6.07) is 11.0. The maximum atomic E-state index is 12.9. The standard InChI is InChI=1S/C22H24N4O5S2/c1-15-14-19(24-21(27)18-4-3-13-31-18)32-20(15)22(28)23-16-5-7-17(8-6-16)33(29,30)26-11-9-25(2)10-12-26/h3-8,13-14H,9-12H2,1-2H3,(H,23,28)(H,24,27). The highest BCUT2D eigenvalue weighted by molar-refractivity contribution is 7.89. The molecule has 0 saturated carbocycles.